The van der Waals surface area contributed by atoms with Crippen molar-refractivity contribution < 1.29 is 18.0 Å². The van der Waals surface area contributed by atoms with Gasteiger partial charge in [-0.3, -0.25) is 4.79 Å². The average Bonchev–Trinajstić information content (AvgIpc) is 3.09. The van der Waals surface area contributed by atoms with E-state index in [1.165, 1.54) is 0 Å². The van der Waals surface area contributed by atoms with Crippen LogP contribution >= 0.6 is 0 Å². The Hall–Kier alpha value is -0.780. The second-order valence-corrected chi connectivity index (χ2v) is 5.30. The highest BCUT2D eigenvalue weighted by molar-refractivity contribution is 5.85. The Bertz CT molecular complexity index is 347. The van der Waals surface area contributed by atoms with Gasteiger partial charge >= 0.3 is 6.18 Å². The van der Waals surface area contributed by atoms with Gasteiger partial charge in [0.25, 0.3) is 0 Å². The van der Waals surface area contributed by atoms with Crippen molar-refractivity contribution in [2.45, 2.75) is 55.9 Å². The van der Waals surface area contributed by atoms with Crippen LogP contribution < -0.4 is 5.32 Å². The van der Waals surface area contributed by atoms with E-state index in [0.29, 0.717) is 12.5 Å². The monoisotopic (exact) mass is 248 g/mol. The number of nitrogens with one attached hydrogen (secondary N) is 1. The van der Waals surface area contributed by atoms with Gasteiger partial charge < -0.3 is 10.2 Å². The summed E-state index contributed by atoms with van der Waals surface area (Å²) in [6.45, 7) is 0.239. The number of likely N-dealkylation sites (tertiary alicyclic amines) is 1. The van der Waals surface area contributed by atoms with Crippen LogP contribution in [0, 0.1) is 0 Å². The zero-order valence-electron chi connectivity index (χ0n) is 9.39. The fourth-order valence-corrected chi connectivity index (χ4v) is 2.62. The van der Waals surface area contributed by atoms with Crippen LogP contribution in [-0.2, 0) is 4.79 Å². The highest BCUT2D eigenvalue weighted by Gasteiger charge is 2.69. The van der Waals surface area contributed by atoms with Crippen LogP contribution in [-0.4, -0.2) is 41.2 Å². The molecule has 0 bridgehead atoms. The highest BCUT2D eigenvalue weighted by Crippen LogP contribution is 2.54. The summed E-state index contributed by atoms with van der Waals surface area (Å²) in [6.07, 6.45) is -1.57. The summed E-state index contributed by atoms with van der Waals surface area (Å²) in [5.74, 6) is -0.355. The number of alkyl halides is 3. The Labute approximate surface area is 97.3 Å². The van der Waals surface area contributed by atoms with Crippen molar-refractivity contribution in [1.29, 1.82) is 0 Å². The number of rotatable bonds is 3. The van der Waals surface area contributed by atoms with Crippen LogP contribution in [0.4, 0.5) is 13.2 Å². The third kappa shape index (κ3) is 1.73. The Morgan fingerprint density at radius 1 is 1.24 bits per heavy atom. The summed E-state index contributed by atoms with van der Waals surface area (Å²) in [7, 11) is 0. The molecule has 3 nitrogen and oxygen atoms in total. The van der Waals surface area contributed by atoms with Crippen molar-refractivity contribution in [2.24, 2.45) is 0 Å². The largest absolute Gasteiger partial charge is 0.411 e. The van der Waals surface area contributed by atoms with Crippen molar-refractivity contribution in [2.75, 3.05) is 6.54 Å². The van der Waals surface area contributed by atoms with Gasteiger partial charge in [0.15, 0.2) is 0 Å². The minimum atomic E-state index is -4.28. The lowest BCUT2D eigenvalue weighted by atomic mass is 10.2. The van der Waals surface area contributed by atoms with Crippen molar-refractivity contribution in [3.8, 4) is 0 Å². The molecule has 17 heavy (non-hydrogen) atoms. The first-order valence-corrected chi connectivity index (χ1v) is 6.08. The van der Waals surface area contributed by atoms with Crippen LogP contribution in [0.3, 0.4) is 0 Å². The molecule has 0 aromatic carbocycles. The number of hydrogen-bond donors (Lipinski definition) is 1. The van der Waals surface area contributed by atoms with Crippen LogP contribution in [0.5, 0.6) is 0 Å². The summed E-state index contributed by atoms with van der Waals surface area (Å²) in [4.78, 5) is 13.0. The first-order chi connectivity index (χ1) is 7.94. The summed E-state index contributed by atoms with van der Waals surface area (Å²) < 4.78 is 38.7. The molecule has 1 N–H and O–H groups in total. The van der Waals surface area contributed by atoms with E-state index in [1.807, 2.05) is 0 Å². The first kappa shape index (κ1) is 11.3. The molecular formula is C11H15F3N2O. The molecule has 96 valence electrons. The summed E-state index contributed by atoms with van der Waals surface area (Å²) in [6, 6.07) is -0.0349. The van der Waals surface area contributed by atoms with Crippen LogP contribution in [0.15, 0.2) is 0 Å². The van der Waals surface area contributed by atoms with Gasteiger partial charge in [-0.15, -0.1) is 0 Å². The summed E-state index contributed by atoms with van der Waals surface area (Å²) >= 11 is 0. The average molecular weight is 248 g/mol. The van der Waals surface area contributed by atoms with Gasteiger partial charge in [0.2, 0.25) is 5.91 Å². The third-order valence-corrected chi connectivity index (χ3v) is 3.99. The Morgan fingerprint density at radius 2 is 1.88 bits per heavy atom. The molecule has 0 aromatic heterocycles. The van der Waals surface area contributed by atoms with E-state index in [-0.39, 0.29) is 31.3 Å². The molecule has 1 saturated heterocycles. The molecule has 0 aromatic rings. The molecular weight excluding hydrogens is 233 g/mol. The second-order valence-electron chi connectivity index (χ2n) is 5.30. The molecule has 0 radical (unpaired) electrons. The molecule has 1 aliphatic heterocycles. The van der Waals surface area contributed by atoms with E-state index in [4.69, 9.17) is 0 Å². The number of amides is 1. The van der Waals surface area contributed by atoms with Gasteiger partial charge in [0.05, 0.1) is 6.04 Å². The molecule has 1 heterocycles. The smallest absolute Gasteiger partial charge is 0.326 e. The number of carbonyl (C=O) groups is 1. The lowest BCUT2D eigenvalue weighted by Crippen LogP contribution is -2.51. The molecule has 2 aliphatic carbocycles. The molecule has 1 atom stereocenters. The fourth-order valence-electron chi connectivity index (χ4n) is 2.62. The maximum absolute atomic E-state index is 12.9. The topological polar surface area (TPSA) is 32.3 Å². The standard InChI is InChI=1S/C11H15F3N2O/c12-11(13,14)10(4-5-10)16-6-3-8(9(16)17)15-7-1-2-7/h7-8,15H,1-6H2. The van der Waals surface area contributed by atoms with Crippen LogP contribution in [0.1, 0.15) is 32.1 Å². The number of hydrogen-bond acceptors (Lipinski definition) is 2. The van der Waals surface area contributed by atoms with E-state index >= 15 is 0 Å². The van der Waals surface area contributed by atoms with Crippen molar-refractivity contribution in [3.63, 3.8) is 0 Å². The lowest BCUT2D eigenvalue weighted by molar-refractivity contribution is -0.197. The van der Waals surface area contributed by atoms with Gasteiger partial charge in [-0.05, 0) is 32.1 Å². The molecule has 3 fully saturated rings. The van der Waals surface area contributed by atoms with Crippen molar-refractivity contribution in [3.05, 3.63) is 0 Å². The predicted molar refractivity (Wildman–Crippen MR) is 54.3 cm³/mol. The molecule has 0 spiro atoms. The third-order valence-electron chi connectivity index (χ3n) is 3.99. The highest BCUT2D eigenvalue weighted by atomic mass is 19.4. The fraction of sp³-hybridized carbons (Fsp3) is 0.909. The molecule has 6 heteroatoms. The van der Waals surface area contributed by atoms with E-state index in [1.54, 1.807) is 0 Å². The van der Waals surface area contributed by atoms with Crippen LogP contribution in [0.2, 0.25) is 0 Å². The lowest BCUT2D eigenvalue weighted by Gasteiger charge is -2.30. The SMILES string of the molecule is O=C1C(NC2CC2)CCN1C1(C(F)(F)F)CC1. The molecule has 2 saturated carbocycles. The van der Waals surface area contributed by atoms with E-state index < -0.39 is 11.7 Å². The van der Waals surface area contributed by atoms with E-state index in [0.717, 1.165) is 17.7 Å². The molecule has 1 unspecified atom stereocenters. The number of halogens is 3. The maximum atomic E-state index is 12.9. The first-order valence-electron chi connectivity index (χ1n) is 6.08. The predicted octanol–water partition coefficient (Wildman–Crippen LogP) is 1.43. The van der Waals surface area contributed by atoms with Gasteiger partial charge in [0, 0.05) is 12.6 Å². The minimum absolute atomic E-state index is 0.0678. The Kier molecular flexibility index (Phi) is 2.24. The zero-order valence-corrected chi connectivity index (χ0v) is 9.39. The van der Waals surface area contributed by atoms with Crippen molar-refractivity contribution in [1.82, 2.24) is 10.2 Å². The summed E-state index contributed by atoms with van der Waals surface area (Å²) in [5, 5.41) is 3.13. The number of carbonyl (C=O) groups excluding carboxylic acids is 1. The Balaban J connectivity index is 1.71. The maximum Gasteiger partial charge on any atom is 0.411 e. The van der Waals surface area contributed by atoms with Gasteiger partial charge in [0.1, 0.15) is 5.54 Å². The van der Waals surface area contributed by atoms with E-state index in [2.05, 4.69) is 5.32 Å². The second kappa shape index (κ2) is 3.37. The molecule has 1 amide bonds. The van der Waals surface area contributed by atoms with Crippen molar-refractivity contribution >= 4 is 5.91 Å². The summed E-state index contributed by atoms with van der Waals surface area (Å²) in [5.41, 5.74) is -1.83. The van der Waals surface area contributed by atoms with Gasteiger partial charge in [-0.2, -0.15) is 13.2 Å². The normalized spacial score (nSPS) is 32.1. The zero-order chi connectivity index (χ0) is 12.3. The van der Waals surface area contributed by atoms with Gasteiger partial charge in [-0.1, -0.05) is 0 Å². The molecule has 3 aliphatic rings. The van der Waals surface area contributed by atoms with Gasteiger partial charge in [-0.25, -0.2) is 0 Å². The molecule has 3 rings (SSSR count). The number of nitrogens with zero attached hydrogens (tertiary/aromatic N) is 1. The Morgan fingerprint density at radius 3 is 2.35 bits per heavy atom. The minimum Gasteiger partial charge on any atom is -0.326 e. The van der Waals surface area contributed by atoms with E-state index in [9.17, 15) is 18.0 Å². The quantitative estimate of drug-likeness (QED) is 0.819. The van der Waals surface area contributed by atoms with Crippen LogP contribution in [0.25, 0.3) is 0 Å².